The minimum absolute atomic E-state index is 0.338. The monoisotopic (exact) mass is 488 g/mol. The summed E-state index contributed by atoms with van der Waals surface area (Å²) < 4.78 is 10.5. The summed E-state index contributed by atoms with van der Waals surface area (Å²) >= 11 is 0. The highest BCUT2D eigenvalue weighted by atomic mass is 16.5. The number of nitrogens with zero attached hydrogens (tertiary/aromatic N) is 2. The Morgan fingerprint density at radius 1 is 1.08 bits per heavy atom. The first-order valence-electron chi connectivity index (χ1n) is 12.2. The predicted octanol–water partition coefficient (Wildman–Crippen LogP) is 4.14. The molecule has 2 aromatic carbocycles. The van der Waals surface area contributed by atoms with Crippen LogP contribution in [-0.4, -0.2) is 41.5 Å². The van der Waals surface area contributed by atoms with Crippen LogP contribution in [0.2, 0.25) is 0 Å². The maximum absolute atomic E-state index is 14.1. The Hall–Kier alpha value is -3.78. The van der Waals surface area contributed by atoms with E-state index in [9.17, 15) is 19.5 Å². The van der Waals surface area contributed by atoms with E-state index in [0.29, 0.717) is 35.5 Å². The Morgan fingerprint density at radius 3 is 2.44 bits per heavy atom. The number of carbonyl (C=O) groups is 3. The second kappa shape index (κ2) is 9.70. The highest BCUT2D eigenvalue weighted by Gasteiger charge is 2.57. The van der Waals surface area contributed by atoms with Crippen LogP contribution in [-0.2, 0) is 14.4 Å². The van der Waals surface area contributed by atoms with Crippen molar-refractivity contribution in [1.29, 1.82) is 0 Å². The molecule has 1 N–H and O–H groups in total. The fraction of sp³-hybridized carbons (Fsp3) is 0.357. The average Bonchev–Trinajstić information content (AvgIpc) is 3.56. The summed E-state index contributed by atoms with van der Waals surface area (Å²) in [6.45, 7) is -0.338. The van der Waals surface area contributed by atoms with Crippen LogP contribution < -0.4 is 9.64 Å². The van der Waals surface area contributed by atoms with Crippen molar-refractivity contribution in [3.63, 3.8) is 0 Å². The minimum atomic E-state index is -1.24. The first-order valence-corrected chi connectivity index (χ1v) is 12.2. The molecule has 2 fully saturated rings. The molecule has 1 amide bonds. The fourth-order valence-corrected chi connectivity index (χ4v) is 5.64. The molecule has 0 bridgehead atoms. The van der Waals surface area contributed by atoms with E-state index in [-0.39, 0.29) is 12.4 Å². The number of hydrogen-bond donors (Lipinski definition) is 1. The van der Waals surface area contributed by atoms with Gasteiger partial charge in [0.25, 0.3) is 5.91 Å². The van der Waals surface area contributed by atoms with Gasteiger partial charge in [-0.3, -0.25) is 19.3 Å². The summed E-state index contributed by atoms with van der Waals surface area (Å²) in [5.74, 6) is -2.62. The van der Waals surface area contributed by atoms with Crippen molar-refractivity contribution in [2.24, 2.45) is 11.3 Å². The number of Topliss-reactive ketones (excluding diaryl/α,β-unsaturated/α-hetero) is 2. The van der Waals surface area contributed by atoms with Gasteiger partial charge in [-0.25, -0.2) is 0 Å². The van der Waals surface area contributed by atoms with Crippen molar-refractivity contribution in [2.75, 3.05) is 18.6 Å². The number of aromatic nitrogens is 1. The largest absolute Gasteiger partial charge is 0.496 e. The van der Waals surface area contributed by atoms with Crippen LogP contribution in [0, 0.1) is 11.3 Å². The lowest BCUT2D eigenvalue weighted by Gasteiger charge is -2.37. The van der Waals surface area contributed by atoms with E-state index in [1.807, 2.05) is 0 Å². The van der Waals surface area contributed by atoms with Crippen LogP contribution in [0.15, 0.2) is 65.4 Å². The molecule has 2 heterocycles. The lowest BCUT2D eigenvalue weighted by Crippen LogP contribution is -2.44. The van der Waals surface area contributed by atoms with Crippen molar-refractivity contribution in [2.45, 2.75) is 38.1 Å². The first-order chi connectivity index (χ1) is 17.5. The molecule has 8 heteroatoms. The molecule has 1 saturated heterocycles. The van der Waals surface area contributed by atoms with Gasteiger partial charge in [-0.2, -0.15) is 0 Å². The SMILES string of the molecule is COc1ccccc1C1C(C(=O)C2(CO)CCCCC2)C(=O)C(=O)N1c1ccc(-c2ccon2)cc1. The summed E-state index contributed by atoms with van der Waals surface area (Å²) in [5.41, 5.74) is 1.46. The summed E-state index contributed by atoms with van der Waals surface area (Å²) in [6, 6.07) is 15.0. The van der Waals surface area contributed by atoms with Crippen molar-refractivity contribution in [3.05, 3.63) is 66.4 Å². The van der Waals surface area contributed by atoms with Gasteiger partial charge in [-0.15, -0.1) is 0 Å². The molecular formula is C28H28N2O6. The molecule has 0 radical (unpaired) electrons. The van der Waals surface area contributed by atoms with Crippen LogP contribution in [0.4, 0.5) is 5.69 Å². The predicted molar refractivity (Wildman–Crippen MR) is 131 cm³/mol. The third-order valence-corrected chi connectivity index (χ3v) is 7.56. The molecule has 1 aliphatic carbocycles. The Balaban J connectivity index is 1.62. The van der Waals surface area contributed by atoms with Crippen LogP contribution >= 0.6 is 0 Å². The molecular weight excluding hydrogens is 460 g/mol. The number of aliphatic hydroxyl groups is 1. The maximum Gasteiger partial charge on any atom is 0.295 e. The Morgan fingerprint density at radius 2 is 1.81 bits per heavy atom. The smallest absolute Gasteiger partial charge is 0.295 e. The molecule has 0 spiro atoms. The number of rotatable bonds is 7. The van der Waals surface area contributed by atoms with Gasteiger partial charge in [0, 0.05) is 22.9 Å². The van der Waals surface area contributed by atoms with Crippen LogP contribution in [0.5, 0.6) is 5.75 Å². The van der Waals surface area contributed by atoms with Gasteiger partial charge in [0.05, 0.1) is 25.2 Å². The fourth-order valence-electron chi connectivity index (χ4n) is 5.64. The maximum atomic E-state index is 14.1. The zero-order valence-corrected chi connectivity index (χ0v) is 20.1. The standard InChI is InChI=1S/C28H28N2O6/c1-35-22-8-4-3-7-20(22)24-23(26(33)28(17-31)14-5-2-6-15-28)25(32)27(34)30(24)19-11-9-18(10-12-19)21-13-16-36-29-21/h3-4,7-13,16,23-24,31H,2,5-6,14-15,17H2,1H3. The van der Waals surface area contributed by atoms with Crippen molar-refractivity contribution in [3.8, 4) is 17.0 Å². The van der Waals surface area contributed by atoms with E-state index >= 15 is 0 Å². The van der Waals surface area contributed by atoms with Crippen molar-refractivity contribution in [1.82, 2.24) is 5.16 Å². The van der Waals surface area contributed by atoms with Crippen LogP contribution in [0.3, 0.4) is 0 Å². The number of para-hydroxylation sites is 1. The second-order valence-electron chi connectivity index (χ2n) is 9.50. The van der Waals surface area contributed by atoms with Gasteiger partial charge < -0.3 is 14.4 Å². The zero-order chi connectivity index (χ0) is 25.3. The van der Waals surface area contributed by atoms with E-state index < -0.39 is 29.1 Å². The number of aliphatic hydroxyl groups excluding tert-OH is 1. The Bertz CT molecular complexity index is 1260. The normalized spacial score (nSPS) is 21.6. The molecule has 3 aromatic rings. The molecule has 8 nitrogen and oxygen atoms in total. The number of hydrogen-bond acceptors (Lipinski definition) is 7. The molecule has 2 atom stereocenters. The molecule has 36 heavy (non-hydrogen) atoms. The van der Waals surface area contributed by atoms with Gasteiger partial charge in [-0.1, -0.05) is 54.8 Å². The lowest BCUT2D eigenvalue weighted by molar-refractivity contribution is -0.145. The number of methoxy groups -OCH3 is 1. The van der Waals surface area contributed by atoms with Crippen LogP contribution in [0.25, 0.3) is 11.3 Å². The molecule has 2 aliphatic rings. The third kappa shape index (κ3) is 3.91. The van der Waals surface area contributed by atoms with Gasteiger partial charge in [0.2, 0.25) is 5.78 Å². The van der Waals surface area contributed by atoms with E-state index in [0.717, 1.165) is 24.8 Å². The molecule has 2 unspecified atom stereocenters. The summed E-state index contributed by atoms with van der Waals surface area (Å²) in [6.07, 6.45) is 5.06. The quantitative estimate of drug-likeness (QED) is 0.393. The lowest BCUT2D eigenvalue weighted by atomic mass is 9.66. The number of benzene rings is 2. The van der Waals surface area contributed by atoms with Gasteiger partial charge in [0.15, 0.2) is 5.78 Å². The number of ether oxygens (including phenoxy) is 1. The van der Waals surface area contributed by atoms with Gasteiger partial charge >= 0.3 is 0 Å². The summed E-state index contributed by atoms with van der Waals surface area (Å²) in [5, 5.41) is 14.3. The summed E-state index contributed by atoms with van der Waals surface area (Å²) in [7, 11) is 1.52. The van der Waals surface area contributed by atoms with Crippen molar-refractivity contribution < 1.29 is 28.8 Å². The van der Waals surface area contributed by atoms with Crippen molar-refractivity contribution >= 4 is 23.2 Å². The Labute approximate surface area is 208 Å². The van der Waals surface area contributed by atoms with E-state index in [1.54, 1.807) is 54.6 Å². The zero-order valence-electron chi connectivity index (χ0n) is 20.1. The van der Waals surface area contributed by atoms with E-state index in [4.69, 9.17) is 9.26 Å². The number of carbonyl (C=O) groups excluding carboxylic acids is 3. The molecule has 5 rings (SSSR count). The van der Waals surface area contributed by atoms with E-state index in [2.05, 4.69) is 5.16 Å². The van der Waals surface area contributed by atoms with E-state index in [1.165, 1.54) is 18.3 Å². The first kappa shape index (κ1) is 23.9. The van der Waals surface area contributed by atoms with Crippen LogP contribution in [0.1, 0.15) is 43.7 Å². The number of anilines is 1. The second-order valence-corrected chi connectivity index (χ2v) is 9.50. The molecule has 1 saturated carbocycles. The minimum Gasteiger partial charge on any atom is -0.496 e. The highest BCUT2D eigenvalue weighted by molar-refractivity contribution is 6.48. The van der Waals surface area contributed by atoms with Gasteiger partial charge in [0.1, 0.15) is 23.6 Å². The Kier molecular flexibility index (Phi) is 6.45. The average molecular weight is 489 g/mol. The molecule has 186 valence electrons. The van der Waals surface area contributed by atoms with Gasteiger partial charge in [-0.05, 0) is 31.0 Å². The number of amides is 1. The molecule has 1 aromatic heterocycles. The topological polar surface area (TPSA) is 110 Å². The number of ketones is 2. The highest BCUT2D eigenvalue weighted by Crippen LogP contribution is 2.48. The molecule has 1 aliphatic heterocycles. The third-order valence-electron chi connectivity index (χ3n) is 7.56. The summed E-state index contributed by atoms with van der Waals surface area (Å²) in [4.78, 5) is 42.5.